The number of rotatable bonds is 7. The van der Waals surface area contributed by atoms with Gasteiger partial charge in [-0.25, -0.2) is 0 Å². The summed E-state index contributed by atoms with van der Waals surface area (Å²) in [6, 6.07) is 5.09. The van der Waals surface area contributed by atoms with Gasteiger partial charge in [-0.1, -0.05) is 6.92 Å². The third-order valence-electron chi connectivity index (χ3n) is 3.07. The van der Waals surface area contributed by atoms with Gasteiger partial charge in [0.1, 0.15) is 5.75 Å². The van der Waals surface area contributed by atoms with Crippen LogP contribution in [0.4, 0.5) is 11.4 Å². The van der Waals surface area contributed by atoms with Crippen molar-refractivity contribution in [3.63, 3.8) is 0 Å². The first kappa shape index (κ1) is 17.0. The number of carbonyl (C=O) groups is 2. The molecule has 0 aliphatic carbocycles. The molecule has 1 unspecified atom stereocenters. The SMILES string of the molecule is COc1ccc(NC(C)=O)cc1NC(=O)C(C)CCCN. The van der Waals surface area contributed by atoms with Crippen molar-refractivity contribution in [1.29, 1.82) is 0 Å². The van der Waals surface area contributed by atoms with Crippen molar-refractivity contribution >= 4 is 23.2 Å². The molecule has 0 fully saturated rings. The van der Waals surface area contributed by atoms with Gasteiger partial charge in [0, 0.05) is 18.5 Å². The molecule has 21 heavy (non-hydrogen) atoms. The molecular weight excluding hydrogens is 270 g/mol. The molecule has 0 saturated heterocycles. The van der Waals surface area contributed by atoms with Crippen LogP contribution in [0.5, 0.6) is 5.75 Å². The molecule has 116 valence electrons. The average Bonchev–Trinajstić information content (AvgIpc) is 2.44. The summed E-state index contributed by atoms with van der Waals surface area (Å²) in [5.74, 6) is 0.140. The number of nitrogens with one attached hydrogen (secondary N) is 2. The minimum Gasteiger partial charge on any atom is -0.495 e. The summed E-state index contributed by atoms with van der Waals surface area (Å²) in [5.41, 5.74) is 6.59. The second-order valence-corrected chi connectivity index (χ2v) is 4.92. The molecule has 1 aromatic rings. The Hall–Kier alpha value is -2.08. The van der Waals surface area contributed by atoms with Gasteiger partial charge in [-0.05, 0) is 37.6 Å². The number of methoxy groups -OCH3 is 1. The van der Waals surface area contributed by atoms with Crippen LogP contribution >= 0.6 is 0 Å². The number of hydrogen-bond donors (Lipinski definition) is 3. The standard InChI is InChI=1S/C15H23N3O3/c1-10(5-4-8-16)15(20)18-13-9-12(17-11(2)19)6-7-14(13)21-3/h6-7,9-10H,4-5,8,16H2,1-3H3,(H,17,19)(H,18,20). The zero-order valence-corrected chi connectivity index (χ0v) is 12.7. The molecule has 0 heterocycles. The van der Waals surface area contributed by atoms with Crippen LogP contribution < -0.4 is 21.1 Å². The molecule has 0 spiro atoms. The molecule has 0 aromatic heterocycles. The molecular formula is C15H23N3O3. The molecule has 0 saturated carbocycles. The number of carbonyl (C=O) groups excluding carboxylic acids is 2. The lowest BCUT2D eigenvalue weighted by atomic mass is 10.0. The minimum atomic E-state index is -0.172. The maximum atomic E-state index is 12.1. The number of anilines is 2. The maximum Gasteiger partial charge on any atom is 0.227 e. The Morgan fingerprint density at radius 2 is 2.05 bits per heavy atom. The highest BCUT2D eigenvalue weighted by atomic mass is 16.5. The Kier molecular flexibility index (Phi) is 6.68. The monoisotopic (exact) mass is 293 g/mol. The summed E-state index contributed by atoms with van der Waals surface area (Å²) in [5, 5.41) is 5.50. The second-order valence-electron chi connectivity index (χ2n) is 4.92. The van der Waals surface area contributed by atoms with Crippen molar-refractivity contribution in [2.75, 3.05) is 24.3 Å². The molecule has 2 amide bonds. The normalized spacial score (nSPS) is 11.6. The minimum absolute atomic E-state index is 0.0956. The summed E-state index contributed by atoms with van der Waals surface area (Å²) in [7, 11) is 1.53. The number of hydrogen-bond acceptors (Lipinski definition) is 4. The molecule has 6 nitrogen and oxygen atoms in total. The van der Waals surface area contributed by atoms with Gasteiger partial charge < -0.3 is 21.1 Å². The molecule has 0 bridgehead atoms. The number of amides is 2. The highest BCUT2D eigenvalue weighted by Crippen LogP contribution is 2.28. The summed E-state index contributed by atoms with van der Waals surface area (Å²) >= 11 is 0. The van der Waals surface area contributed by atoms with E-state index in [-0.39, 0.29) is 17.7 Å². The molecule has 0 aliphatic rings. The topological polar surface area (TPSA) is 93.5 Å². The van der Waals surface area contributed by atoms with Gasteiger partial charge in [-0.3, -0.25) is 9.59 Å². The van der Waals surface area contributed by atoms with Crippen molar-refractivity contribution in [1.82, 2.24) is 0 Å². The lowest BCUT2D eigenvalue weighted by Crippen LogP contribution is -2.21. The smallest absolute Gasteiger partial charge is 0.227 e. The van der Waals surface area contributed by atoms with E-state index in [2.05, 4.69) is 10.6 Å². The van der Waals surface area contributed by atoms with E-state index >= 15 is 0 Å². The number of nitrogens with two attached hydrogens (primary N) is 1. The van der Waals surface area contributed by atoms with E-state index < -0.39 is 0 Å². The van der Waals surface area contributed by atoms with Crippen molar-refractivity contribution < 1.29 is 14.3 Å². The summed E-state index contributed by atoms with van der Waals surface area (Å²) in [6.07, 6.45) is 1.54. The largest absolute Gasteiger partial charge is 0.495 e. The first-order chi connectivity index (χ1) is 9.97. The van der Waals surface area contributed by atoms with Crippen molar-refractivity contribution in [3.8, 4) is 5.75 Å². The Morgan fingerprint density at radius 1 is 1.33 bits per heavy atom. The maximum absolute atomic E-state index is 12.1. The average molecular weight is 293 g/mol. The van der Waals surface area contributed by atoms with E-state index in [0.29, 0.717) is 23.7 Å². The number of ether oxygens (including phenoxy) is 1. The fourth-order valence-corrected chi connectivity index (χ4v) is 1.90. The van der Waals surface area contributed by atoms with E-state index in [4.69, 9.17) is 10.5 Å². The van der Waals surface area contributed by atoms with E-state index in [1.165, 1.54) is 14.0 Å². The van der Waals surface area contributed by atoms with Gasteiger partial charge in [-0.15, -0.1) is 0 Å². The Balaban J connectivity index is 2.84. The highest BCUT2D eigenvalue weighted by Gasteiger charge is 2.15. The van der Waals surface area contributed by atoms with Crippen molar-refractivity contribution in [3.05, 3.63) is 18.2 Å². The Bertz CT molecular complexity index is 503. The summed E-state index contributed by atoms with van der Waals surface area (Å²) in [6.45, 7) is 3.85. The first-order valence-corrected chi connectivity index (χ1v) is 6.94. The predicted molar refractivity (Wildman–Crippen MR) is 83.4 cm³/mol. The van der Waals surface area contributed by atoms with Crippen LogP contribution in [0.25, 0.3) is 0 Å². The fraction of sp³-hybridized carbons (Fsp3) is 0.467. The molecule has 1 atom stereocenters. The first-order valence-electron chi connectivity index (χ1n) is 6.94. The van der Waals surface area contributed by atoms with Crippen LogP contribution in [0.2, 0.25) is 0 Å². The summed E-state index contributed by atoms with van der Waals surface area (Å²) < 4.78 is 5.22. The van der Waals surface area contributed by atoms with Crippen molar-refractivity contribution in [2.45, 2.75) is 26.7 Å². The lowest BCUT2D eigenvalue weighted by Gasteiger charge is -2.15. The third-order valence-corrected chi connectivity index (χ3v) is 3.07. The summed E-state index contributed by atoms with van der Waals surface area (Å²) in [4.78, 5) is 23.2. The molecule has 1 aromatic carbocycles. The Labute approximate surface area is 125 Å². The van der Waals surface area contributed by atoms with Gasteiger partial charge in [0.25, 0.3) is 0 Å². The predicted octanol–water partition coefficient (Wildman–Crippen LogP) is 1.97. The van der Waals surface area contributed by atoms with E-state index in [0.717, 1.165) is 12.8 Å². The van der Waals surface area contributed by atoms with Crippen LogP contribution in [-0.2, 0) is 9.59 Å². The molecule has 4 N–H and O–H groups in total. The van der Waals surface area contributed by atoms with Gasteiger partial charge in [0.15, 0.2) is 0 Å². The zero-order chi connectivity index (χ0) is 15.8. The van der Waals surface area contributed by atoms with Crippen LogP contribution in [-0.4, -0.2) is 25.5 Å². The number of benzene rings is 1. The fourth-order valence-electron chi connectivity index (χ4n) is 1.90. The van der Waals surface area contributed by atoms with Gasteiger partial charge in [0.2, 0.25) is 11.8 Å². The van der Waals surface area contributed by atoms with Gasteiger partial charge in [-0.2, -0.15) is 0 Å². The lowest BCUT2D eigenvalue weighted by molar-refractivity contribution is -0.119. The van der Waals surface area contributed by atoms with Crippen molar-refractivity contribution in [2.24, 2.45) is 11.7 Å². The molecule has 0 aliphatic heterocycles. The van der Waals surface area contributed by atoms with E-state index in [1.807, 2.05) is 6.92 Å². The molecule has 0 radical (unpaired) electrons. The third kappa shape index (κ3) is 5.43. The van der Waals surface area contributed by atoms with E-state index in [9.17, 15) is 9.59 Å². The quantitative estimate of drug-likeness (QED) is 0.716. The van der Waals surface area contributed by atoms with Crippen LogP contribution in [0, 0.1) is 5.92 Å². The van der Waals surface area contributed by atoms with Gasteiger partial charge in [0.05, 0.1) is 12.8 Å². The molecule has 1 rings (SSSR count). The van der Waals surface area contributed by atoms with Crippen LogP contribution in [0.1, 0.15) is 26.7 Å². The van der Waals surface area contributed by atoms with Crippen LogP contribution in [0.15, 0.2) is 18.2 Å². The second kappa shape index (κ2) is 8.26. The van der Waals surface area contributed by atoms with E-state index in [1.54, 1.807) is 18.2 Å². The zero-order valence-electron chi connectivity index (χ0n) is 12.7. The highest BCUT2D eigenvalue weighted by molar-refractivity contribution is 5.95. The van der Waals surface area contributed by atoms with Crippen LogP contribution in [0.3, 0.4) is 0 Å². The Morgan fingerprint density at radius 3 is 2.62 bits per heavy atom. The molecule has 6 heteroatoms. The van der Waals surface area contributed by atoms with Gasteiger partial charge >= 0.3 is 0 Å².